The van der Waals surface area contributed by atoms with Gasteiger partial charge in [-0.05, 0) is 47.2 Å². The molecule has 6 rings (SSSR count). The van der Waals surface area contributed by atoms with Gasteiger partial charge in [-0.1, -0.05) is 81.5 Å². The van der Waals surface area contributed by atoms with Crippen molar-refractivity contribution < 1.29 is 47.3 Å². The SMILES string of the molecule is Cc1ncsc1-c1ccc(CNC(=O)[C@@H]2C[C@@H](O)CN2C(=O)[C@@H](NC(=O)COCCOCCNC(=O)CCC(=O)Nc2ccc3c(-c4cccc(C(N)=S)c4)cn(CC(CF)CF)c3c2)C(C)(C)C)cc1. The minimum atomic E-state index is -1.02. The van der Waals surface area contributed by atoms with E-state index in [1.807, 2.05) is 61.7 Å². The summed E-state index contributed by atoms with van der Waals surface area (Å²) in [6, 6.07) is 18.5. The molecule has 380 valence electrons. The zero-order valence-electron chi connectivity index (χ0n) is 40.3. The van der Waals surface area contributed by atoms with Crippen LogP contribution in [0.2, 0.25) is 0 Å². The van der Waals surface area contributed by atoms with Crippen molar-refractivity contribution in [3.8, 4) is 21.6 Å². The van der Waals surface area contributed by atoms with Crippen molar-refractivity contribution in [3.05, 3.63) is 95.3 Å². The molecule has 0 aliphatic carbocycles. The second kappa shape index (κ2) is 25.3. The summed E-state index contributed by atoms with van der Waals surface area (Å²) in [4.78, 5) is 72.7. The zero-order valence-corrected chi connectivity index (χ0v) is 41.9. The second-order valence-corrected chi connectivity index (χ2v) is 19.8. The first-order valence-corrected chi connectivity index (χ1v) is 24.7. The minimum Gasteiger partial charge on any atom is -0.391 e. The fourth-order valence-corrected chi connectivity index (χ4v) is 9.12. The topological polar surface area (TPSA) is 219 Å². The van der Waals surface area contributed by atoms with Gasteiger partial charge in [0.1, 0.15) is 23.7 Å². The molecule has 3 atom stereocenters. The van der Waals surface area contributed by atoms with E-state index in [1.54, 1.807) is 60.4 Å². The summed E-state index contributed by atoms with van der Waals surface area (Å²) in [6.07, 6.45) is 0.780. The summed E-state index contributed by atoms with van der Waals surface area (Å²) >= 11 is 6.71. The number of carbonyl (C=O) groups excluding carboxylic acids is 5. The van der Waals surface area contributed by atoms with Crippen molar-refractivity contribution in [3.63, 3.8) is 0 Å². The second-order valence-electron chi connectivity index (χ2n) is 18.6. The fourth-order valence-electron chi connectivity index (χ4n) is 8.18. The van der Waals surface area contributed by atoms with Crippen molar-refractivity contribution >= 4 is 74.7 Å². The fraction of sp³-hybridized carbons (Fsp3) is 0.431. The molecule has 1 saturated heterocycles. The first-order chi connectivity index (χ1) is 33.9. The average molecular weight is 1020 g/mol. The number of amides is 5. The number of rotatable bonds is 24. The highest BCUT2D eigenvalue weighted by Crippen LogP contribution is 2.34. The standard InChI is InChI=1S/C51H62F2N8O8S2/c1-31-46(71-30-57-31)34-10-8-32(9-11-34)25-56-49(66)42-22-38(62)27-61(42)50(67)47(51(2,3)4)59-45(65)29-69-19-18-68-17-16-55-43(63)14-15-44(64)58-37-12-13-39-40(35-6-5-7-36(20-35)48(54)70)28-60(41(39)21-37)26-33(23-52)24-53/h5-13,20-21,28,30,33,38,42,47,62H,14-19,22-27,29H2,1-4H3,(H2,54,70)(H,55,63)(H,56,66)(H,58,64)(H,59,65)/t38-,42+,47-/m1/s1. The molecule has 20 heteroatoms. The molecular formula is C51H62F2N8O8S2. The lowest BCUT2D eigenvalue weighted by molar-refractivity contribution is -0.144. The molecule has 5 amide bonds. The van der Waals surface area contributed by atoms with E-state index in [-0.39, 0.29) is 82.8 Å². The smallest absolute Gasteiger partial charge is 0.246 e. The number of fused-ring (bicyclic) bond motifs is 1. The normalized spacial score (nSPS) is 15.2. The van der Waals surface area contributed by atoms with Gasteiger partial charge in [0, 0.05) is 79.8 Å². The number of thiocarbonyl (C=S) groups is 1. The summed E-state index contributed by atoms with van der Waals surface area (Å²) in [7, 11) is 0. The van der Waals surface area contributed by atoms with Gasteiger partial charge >= 0.3 is 0 Å². The molecule has 0 bridgehead atoms. The Kier molecular flexibility index (Phi) is 19.3. The molecule has 7 N–H and O–H groups in total. The van der Waals surface area contributed by atoms with E-state index < -0.39 is 66.5 Å². The zero-order chi connectivity index (χ0) is 51.2. The van der Waals surface area contributed by atoms with E-state index >= 15 is 0 Å². The van der Waals surface area contributed by atoms with Crippen molar-refractivity contribution in [1.29, 1.82) is 0 Å². The lowest BCUT2D eigenvalue weighted by Crippen LogP contribution is -2.58. The Labute approximate surface area is 421 Å². The maximum absolute atomic E-state index is 13.9. The van der Waals surface area contributed by atoms with Gasteiger partial charge in [0.2, 0.25) is 29.5 Å². The molecule has 1 fully saturated rings. The number of aliphatic hydroxyl groups is 1. The molecule has 2 aromatic heterocycles. The van der Waals surface area contributed by atoms with Crippen LogP contribution in [-0.4, -0.2) is 125 Å². The molecule has 0 unspecified atom stereocenters. The predicted octanol–water partition coefficient (Wildman–Crippen LogP) is 5.61. The van der Waals surface area contributed by atoms with Gasteiger partial charge in [-0.15, -0.1) is 11.3 Å². The van der Waals surface area contributed by atoms with Crippen LogP contribution in [0.5, 0.6) is 0 Å². The average Bonchev–Trinajstić information content (AvgIpc) is 4.07. The molecule has 0 saturated carbocycles. The molecular weight excluding hydrogens is 955 g/mol. The molecule has 0 spiro atoms. The summed E-state index contributed by atoms with van der Waals surface area (Å²) in [5.41, 5.74) is 13.2. The van der Waals surface area contributed by atoms with Crippen LogP contribution in [-0.2, 0) is 46.5 Å². The van der Waals surface area contributed by atoms with E-state index in [1.165, 1.54) is 4.90 Å². The number of hydrogen-bond donors (Lipinski definition) is 6. The number of aliphatic hydroxyl groups excluding tert-OH is 1. The molecule has 5 aromatic rings. The number of thiazole rings is 1. The van der Waals surface area contributed by atoms with E-state index in [4.69, 9.17) is 27.4 Å². The van der Waals surface area contributed by atoms with E-state index in [0.29, 0.717) is 16.8 Å². The number of aromatic nitrogens is 2. The first-order valence-electron chi connectivity index (χ1n) is 23.4. The first kappa shape index (κ1) is 54.1. The van der Waals surface area contributed by atoms with Gasteiger partial charge in [0.05, 0.1) is 60.9 Å². The predicted molar refractivity (Wildman–Crippen MR) is 273 cm³/mol. The quantitative estimate of drug-likeness (QED) is 0.0330. The van der Waals surface area contributed by atoms with Gasteiger partial charge in [-0.25, -0.2) is 4.98 Å². The Bertz CT molecular complexity index is 2670. The highest BCUT2D eigenvalue weighted by Gasteiger charge is 2.44. The maximum atomic E-state index is 13.9. The van der Waals surface area contributed by atoms with E-state index in [0.717, 1.165) is 38.2 Å². The number of nitrogens with zero attached hydrogens (tertiary/aromatic N) is 3. The van der Waals surface area contributed by atoms with Gasteiger partial charge in [-0.3, -0.25) is 32.8 Å². The largest absolute Gasteiger partial charge is 0.391 e. The van der Waals surface area contributed by atoms with Gasteiger partial charge in [0.15, 0.2) is 0 Å². The Morgan fingerprint density at radius 2 is 1.66 bits per heavy atom. The van der Waals surface area contributed by atoms with Crippen LogP contribution in [0, 0.1) is 18.3 Å². The Morgan fingerprint density at radius 3 is 2.35 bits per heavy atom. The van der Waals surface area contributed by atoms with Crippen LogP contribution in [0.4, 0.5) is 14.5 Å². The van der Waals surface area contributed by atoms with Crippen molar-refractivity contribution in [2.45, 2.75) is 78.2 Å². The van der Waals surface area contributed by atoms with Crippen molar-refractivity contribution in [2.24, 2.45) is 17.1 Å². The molecule has 3 heterocycles. The molecule has 0 radical (unpaired) electrons. The van der Waals surface area contributed by atoms with E-state index in [2.05, 4.69) is 26.3 Å². The van der Waals surface area contributed by atoms with Crippen LogP contribution in [0.15, 0.2) is 78.4 Å². The number of ether oxygens (including phenoxy) is 2. The Hall–Kier alpha value is -6.19. The van der Waals surface area contributed by atoms with Gasteiger partial charge in [0.25, 0.3) is 0 Å². The third-order valence-corrected chi connectivity index (χ3v) is 13.2. The number of alkyl halides is 2. The number of halogens is 2. The summed E-state index contributed by atoms with van der Waals surface area (Å²) in [5.74, 6) is -3.06. The monoisotopic (exact) mass is 1020 g/mol. The number of aryl methyl sites for hydroxylation is 1. The summed E-state index contributed by atoms with van der Waals surface area (Å²) in [6.45, 7) is 6.00. The molecule has 3 aromatic carbocycles. The van der Waals surface area contributed by atoms with Crippen LogP contribution < -0.4 is 27.0 Å². The number of nitrogens with two attached hydrogens (primary N) is 1. The van der Waals surface area contributed by atoms with Crippen molar-refractivity contribution in [1.82, 2.24) is 30.4 Å². The summed E-state index contributed by atoms with van der Waals surface area (Å²) in [5, 5.41) is 22.5. The number of anilines is 1. The molecule has 16 nitrogen and oxygen atoms in total. The number of carbonyl (C=O) groups is 5. The third kappa shape index (κ3) is 14.9. The highest BCUT2D eigenvalue weighted by molar-refractivity contribution is 7.80. The van der Waals surface area contributed by atoms with Crippen LogP contribution in [0.3, 0.4) is 0 Å². The number of hydrogen-bond acceptors (Lipinski definition) is 11. The number of likely N-dealkylation sites (tertiary alicyclic amines) is 1. The number of benzene rings is 3. The van der Waals surface area contributed by atoms with Crippen LogP contribution in [0.25, 0.3) is 32.5 Å². The third-order valence-electron chi connectivity index (χ3n) is 12.0. The van der Waals surface area contributed by atoms with Crippen LogP contribution in [0.1, 0.15) is 56.9 Å². The van der Waals surface area contributed by atoms with Gasteiger partial charge < -0.3 is 51.0 Å². The highest BCUT2D eigenvalue weighted by atomic mass is 32.1. The lowest BCUT2D eigenvalue weighted by Gasteiger charge is -2.35. The molecule has 1 aliphatic rings. The molecule has 1 aliphatic heterocycles. The van der Waals surface area contributed by atoms with Gasteiger partial charge in [-0.2, -0.15) is 0 Å². The van der Waals surface area contributed by atoms with E-state index in [9.17, 15) is 37.9 Å². The summed E-state index contributed by atoms with van der Waals surface area (Å²) < 4.78 is 40.0. The number of β-amino-alcohol motifs (C(OH)–C–C–N with tert-alkyl or cyclic N) is 1. The van der Waals surface area contributed by atoms with Crippen LogP contribution >= 0.6 is 23.6 Å². The van der Waals surface area contributed by atoms with Crippen molar-refractivity contribution in [2.75, 3.05) is 58.2 Å². The maximum Gasteiger partial charge on any atom is 0.246 e. The minimum absolute atomic E-state index is 0.0457. The number of nitrogens with one attached hydrogen (secondary N) is 4. The lowest BCUT2D eigenvalue weighted by atomic mass is 9.85. The Balaban J connectivity index is 0.885. The Morgan fingerprint density at radius 1 is 0.930 bits per heavy atom. The molecule has 71 heavy (non-hydrogen) atoms.